The Kier molecular flexibility index (Phi) is 10.2. The molecule has 3 aliphatic rings. The Bertz CT molecular complexity index is 1720. The molecule has 0 fully saturated rings. The fourth-order valence-electron chi connectivity index (χ4n) is 9.30. The molecule has 1 heterocycles. The van der Waals surface area contributed by atoms with Crippen LogP contribution in [0.1, 0.15) is 120 Å². The summed E-state index contributed by atoms with van der Waals surface area (Å²) in [6.07, 6.45) is 12.4. The number of unbranched alkanes of at least 4 members (excludes halogenated alkanes) is 2. The van der Waals surface area contributed by atoms with E-state index in [-0.39, 0.29) is 0 Å². The Labute approximate surface area is 303 Å². The van der Waals surface area contributed by atoms with Gasteiger partial charge in [0.15, 0.2) is 0 Å². The van der Waals surface area contributed by atoms with Crippen molar-refractivity contribution in [1.82, 2.24) is 0 Å². The molecule has 2 heteroatoms. The molecule has 4 aromatic rings. The molecule has 2 atom stereocenters. The van der Waals surface area contributed by atoms with Crippen molar-refractivity contribution in [2.45, 2.75) is 112 Å². The second-order valence-corrected chi connectivity index (χ2v) is 23.0. The van der Waals surface area contributed by atoms with E-state index < -0.39 is 31.3 Å². The zero-order valence-electron chi connectivity index (χ0n) is 30.3. The van der Waals surface area contributed by atoms with Crippen LogP contribution in [0.3, 0.4) is 0 Å². The molecule has 0 saturated carbocycles. The molecule has 0 aromatic heterocycles. The summed E-state index contributed by atoms with van der Waals surface area (Å²) < 4.78 is 1.37. The Morgan fingerprint density at radius 1 is 0.500 bits per heavy atom. The van der Waals surface area contributed by atoms with Crippen molar-refractivity contribution in [1.29, 1.82) is 0 Å². The summed E-state index contributed by atoms with van der Waals surface area (Å²) in [6, 6.07) is 34.1. The van der Waals surface area contributed by atoms with Gasteiger partial charge in [0.05, 0.1) is 0 Å². The minimum absolute atomic E-state index is 0.683. The number of aryl methyl sites for hydroxylation is 2. The van der Waals surface area contributed by atoms with Crippen molar-refractivity contribution in [3.8, 4) is 22.3 Å². The first-order valence-electron chi connectivity index (χ1n) is 19.1. The van der Waals surface area contributed by atoms with Gasteiger partial charge in [0.2, 0.25) is 0 Å². The van der Waals surface area contributed by atoms with E-state index in [0.717, 1.165) is 12.8 Å². The third kappa shape index (κ3) is 5.88. The molecule has 0 N–H and O–H groups in total. The minimum atomic E-state index is -2.17. The first kappa shape index (κ1) is 33.9. The molecule has 48 heavy (non-hydrogen) atoms. The molecule has 7 rings (SSSR count). The molecule has 0 radical (unpaired) electrons. The van der Waals surface area contributed by atoms with Crippen molar-refractivity contribution in [2.24, 2.45) is 0 Å². The van der Waals surface area contributed by atoms with Crippen molar-refractivity contribution < 1.29 is 23.2 Å². The quantitative estimate of drug-likeness (QED) is 0.128. The molecule has 246 valence electrons. The van der Waals surface area contributed by atoms with Crippen LogP contribution in [0.4, 0.5) is 0 Å². The number of benzene rings is 4. The Balaban J connectivity index is 1.46. The van der Waals surface area contributed by atoms with Gasteiger partial charge >= 0.3 is 306 Å². The van der Waals surface area contributed by atoms with Crippen LogP contribution in [-0.4, -0.2) is 8.07 Å². The molecular weight excluding hydrogens is 672 g/mol. The monoisotopic (exact) mass is 724 g/mol. The van der Waals surface area contributed by atoms with Crippen LogP contribution >= 0.6 is 0 Å². The molecule has 2 unspecified atom stereocenters. The van der Waals surface area contributed by atoms with Gasteiger partial charge in [0, 0.05) is 0 Å². The van der Waals surface area contributed by atoms with E-state index in [1.807, 2.05) is 21.5 Å². The number of allylic oxidation sites excluding steroid dienone is 2. The van der Waals surface area contributed by atoms with Gasteiger partial charge in [-0.3, -0.25) is 0 Å². The summed E-state index contributed by atoms with van der Waals surface area (Å²) in [5, 5.41) is 3.65. The fourth-order valence-corrected chi connectivity index (χ4v) is 19.5. The number of rotatable bonds is 12. The van der Waals surface area contributed by atoms with Crippen molar-refractivity contribution in [2.75, 3.05) is 0 Å². The zero-order valence-corrected chi connectivity index (χ0v) is 33.8. The molecule has 4 bridgehead atoms. The van der Waals surface area contributed by atoms with Gasteiger partial charge in [0.1, 0.15) is 0 Å². The van der Waals surface area contributed by atoms with Crippen LogP contribution in [0.2, 0.25) is 13.1 Å². The van der Waals surface area contributed by atoms with Gasteiger partial charge in [0.25, 0.3) is 0 Å². The van der Waals surface area contributed by atoms with E-state index in [2.05, 4.69) is 126 Å². The van der Waals surface area contributed by atoms with E-state index >= 15 is 0 Å². The topological polar surface area (TPSA) is 0 Å². The molecule has 0 nitrogen and oxygen atoms in total. The van der Waals surface area contributed by atoms with Crippen molar-refractivity contribution in [3.05, 3.63) is 129 Å². The van der Waals surface area contributed by atoms with Crippen molar-refractivity contribution >= 4 is 18.5 Å². The normalized spacial score (nSPS) is 18.8. The molecule has 0 spiro atoms. The van der Waals surface area contributed by atoms with E-state index in [1.54, 1.807) is 22.3 Å². The average molecular weight is 726 g/mol. The van der Waals surface area contributed by atoms with E-state index in [4.69, 9.17) is 0 Å². The number of hydrogen-bond acceptors (Lipinski definition) is 0. The molecule has 1 aliphatic heterocycles. The SMILES string of the molecule is CCCCC1=C2c3c(-c4ccc(CCC)cc4)cccc3[CH]1[Zr][CH]1C(CCCC)=C(c3c(-c4ccc(CCC)cc4)cccc31)[Si]2(C)C. The van der Waals surface area contributed by atoms with E-state index in [1.165, 1.54) is 84.7 Å². The van der Waals surface area contributed by atoms with Gasteiger partial charge in [-0.05, 0) is 0 Å². The van der Waals surface area contributed by atoms with Crippen molar-refractivity contribution in [3.63, 3.8) is 0 Å². The molecule has 0 saturated heterocycles. The Morgan fingerprint density at radius 2 is 0.917 bits per heavy atom. The zero-order chi connectivity index (χ0) is 33.4. The number of hydrogen-bond donors (Lipinski definition) is 0. The molecule has 4 aromatic carbocycles. The summed E-state index contributed by atoms with van der Waals surface area (Å²) in [5.41, 5.74) is 19.2. The van der Waals surface area contributed by atoms with Crippen LogP contribution in [0.25, 0.3) is 32.6 Å². The summed E-state index contributed by atoms with van der Waals surface area (Å²) >= 11 is -0.965. The predicted octanol–water partition coefficient (Wildman–Crippen LogP) is 13.5. The Hall–Kier alpha value is -2.54. The summed E-state index contributed by atoms with van der Waals surface area (Å²) in [5.74, 6) is 0. The van der Waals surface area contributed by atoms with Crippen LogP contribution < -0.4 is 0 Å². The van der Waals surface area contributed by atoms with Crippen LogP contribution in [-0.2, 0) is 36.1 Å². The third-order valence-electron chi connectivity index (χ3n) is 11.4. The van der Waals surface area contributed by atoms with E-state index in [0.29, 0.717) is 7.25 Å². The van der Waals surface area contributed by atoms with Gasteiger partial charge in [-0.1, -0.05) is 0 Å². The second kappa shape index (κ2) is 14.4. The van der Waals surface area contributed by atoms with Crippen LogP contribution in [0.5, 0.6) is 0 Å². The standard InChI is InChI=1S/C46H54Si.Zr/c1-7-11-17-39-31-37-19-13-21-41(35-27-23-33(15-9-3)24-28-35)43(37)45(39)47(5,6)46-40(18-12-8-2)32-38-20-14-22-42(44(38)46)36-29-25-34(16-10-4)26-30-36;/h13-14,19-32H,7-12,15-18H2,1-6H3;. The maximum atomic E-state index is 2.76. The first-order valence-corrected chi connectivity index (χ1v) is 24.9. The van der Waals surface area contributed by atoms with Gasteiger partial charge in [-0.15, -0.1) is 0 Å². The first-order chi connectivity index (χ1) is 23.4. The van der Waals surface area contributed by atoms with Gasteiger partial charge < -0.3 is 0 Å². The number of fused-ring (bicyclic) bond motifs is 8. The van der Waals surface area contributed by atoms with Crippen LogP contribution in [0, 0.1) is 0 Å². The third-order valence-corrected chi connectivity index (χ3v) is 20.0. The van der Waals surface area contributed by atoms with Crippen LogP contribution in [0.15, 0.2) is 96.1 Å². The summed E-state index contributed by atoms with van der Waals surface area (Å²) in [7, 11) is -2.17. The van der Waals surface area contributed by atoms with E-state index in [9.17, 15) is 0 Å². The molecule has 0 amide bonds. The van der Waals surface area contributed by atoms with Gasteiger partial charge in [-0.25, -0.2) is 0 Å². The average Bonchev–Trinajstić information content (AvgIpc) is 3.61. The Morgan fingerprint density at radius 3 is 1.29 bits per heavy atom. The second-order valence-electron chi connectivity index (χ2n) is 15.1. The summed E-state index contributed by atoms with van der Waals surface area (Å²) in [4.78, 5) is 0. The molecule has 2 aliphatic carbocycles. The maximum absolute atomic E-state index is 2.76. The van der Waals surface area contributed by atoms with Gasteiger partial charge in [-0.2, -0.15) is 0 Å². The predicted molar refractivity (Wildman–Crippen MR) is 208 cm³/mol. The molecular formula is C46H54SiZr. The fraction of sp³-hybridized carbons (Fsp3) is 0.391. The summed E-state index contributed by atoms with van der Waals surface area (Å²) in [6.45, 7) is 14.9.